The molecule has 0 atom stereocenters. The van der Waals surface area contributed by atoms with Gasteiger partial charge in [-0.15, -0.1) is 11.3 Å². The number of carbonyl (C=O) groups is 1. The first kappa shape index (κ1) is 17.7. The summed E-state index contributed by atoms with van der Waals surface area (Å²) in [4.78, 5) is 16.7. The summed E-state index contributed by atoms with van der Waals surface area (Å²) in [6.07, 6.45) is 1.40. The van der Waals surface area contributed by atoms with Crippen LogP contribution in [0.25, 0.3) is 17.3 Å². The summed E-state index contributed by atoms with van der Waals surface area (Å²) >= 11 is 7.12. The molecule has 1 amide bonds. The molecule has 1 heterocycles. The van der Waals surface area contributed by atoms with Crippen LogP contribution in [-0.4, -0.2) is 16.0 Å². The number of hydrogen-bond acceptors (Lipinski definition) is 5. The molecule has 0 aliphatic carbocycles. The fraction of sp³-hybridized carbons (Fsp3) is 0. The van der Waals surface area contributed by atoms with Crippen molar-refractivity contribution in [3.8, 4) is 23.1 Å². The largest absolute Gasteiger partial charge is 0.506 e. The molecule has 0 unspecified atom stereocenters. The molecule has 26 heavy (non-hydrogen) atoms. The Morgan fingerprint density at radius 3 is 2.73 bits per heavy atom. The van der Waals surface area contributed by atoms with E-state index in [2.05, 4.69) is 10.3 Å². The summed E-state index contributed by atoms with van der Waals surface area (Å²) < 4.78 is 0. The Hall–Kier alpha value is -3.14. The number of phenols is 1. The maximum absolute atomic E-state index is 12.3. The van der Waals surface area contributed by atoms with Crippen LogP contribution in [0.4, 0.5) is 5.13 Å². The minimum atomic E-state index is -0.564. The van der Waals surface area contributed by atoms with Gasteiger partial charge < -0.3 is 5.11 Å². The number of aromatic hydroxyl groups is 1. The molecule has 128 valence electrons. The Kier molecular flexibility index (Phi) is 5.32. The second-order valence-electron chi connectivity index (χ2n) is 5.24. The van der Waals surface area contributed by atoms with Gasteiger partial charge >= 0.3 is 0 Å². The Morgan fingerprint density at radius 1 is 1.27 bits per heavy atom. The van der Waals surface area contributed by atoms with E-state index in [4.69, 9.17) is 11.6 Å². The van der Waals surface area contributed by atoms with Crippen molar-refractivity contribution in [2.75, 3.05) is 5.32 Å². The van der Waals surface area contributed by atoms with Crippen molar-refractivity contribution in [1.29, 1.82) is 5.26 Å². The number of benzene rings is 2. The number of nitrogens with zero attached hydrogens (tertiary/aromatic N) is 2. The van der Waals surface area contributed by atoms with Crippen molar-refractivity contribution in [1.82, 2.24) is 4.98 Å². The molecule has 2 aromatic carbocycles. The minimum Gasteiger partial charge on any atom is -0.506 e. The van der Waals surface area contributed by atoms with E-state index < -0.39 is 5.91 Å². The first-order valence-corrected chi connectivity index (χ1v) is 8.75. The van der Waals surface area contributed by atoms with Crippen LogP contribution in [0.15, 0.2) is 59.5 Å². The van der Waals surface area contributed by atoms with Crippen molar-refractivity contribution in [3.63, 3.8) is 0 Å². The third-order valence-corrected chi connectivity index (χ3v) is 4.50. The van der Waals surface area contributed by atoms with Crippen molar-refractivity contribution in [2.24, 2.45) is 0 Å². The Bertz CT molecular complexity index is 1020. The smallest absolute Gasteiger partial charge is 0.268 e. The van der Waals surface area contributed by atoms with Crippen LogP contribution in [0, 0.1) is 11.3 Å². The van der Waals surface area contributed by atoms with Crippen LogP contribution in [-0.2, 0) is 4.79 Å². The maximum atomic E-state index is 12.3. The molecule has 3 rings (SSSR count). The van der Waals surface area contributed by atoms with Crippen LogP contribution in [0.5, 0.6) is 5.75 Å². The Balaban J connectivity index is 1.78. The van der Waals surface area contributed by atoms with Gasteiger partial charge in [-0.25, -0.2) is 4.98 Å². The molecule has 0 aliphatic heterocycles. The van der Waals surface area contributed by atoms with Crippen LogP contribution in [0.1, 0.15) is 5.56 Å². The Morgan fingerprint density at radius 2 is 2.04 bits per heavy atom. The number of carbonyl (C=O) groups excluding carboxylic acids is 1. The molecule has 1 aromatic heterocycles. The first-order valence-electron chi connectivity index (χ1n) is 7.49. The zero-order chi connectivity index (χ0) is 18.5. The quantitative estimate of drug-likeness (QED) is 0.506. The van der Waals surface area contributed by atoms with Gasteiger partial charge in [0.25, 0.3) is 5.91 Å². The summed E-state index contributed by atoms with van der Waals surface area (Å²) in [6, 6.07) is 15.9. The van der Waals surface area contributed by atoms with Gasteiger partial charge in [0.1, 0.15) is 17.4 Å². The van der Waals surface area contributed by atoms with Gasteiger partial charge in [-0.1, -0.05) is 48.0 Å². The lowest BCUT2D eigenvalue weighted by atomic mass is 10.1. The lowest BCUT2D eigenvalue weighted by Crippen LogP contribution is -2.13. The second-order valence-corrected chi connectivity index (χ2v) is 6.50. The number of anilines is 1. The highest BCUT2D eigenvalue weighted by Crippen LogP contribution is 2.26. The molecule has 0 saturated heterocycles. The number of aromatic nitrogens is 1. The van der Waals surface area contributed by atoms with Crippen molar-refractivity contribution in [2.45, 2.75) is 0 Å². The van der Waals surface area contributed by atoms with Gasteiger partial charge in [0.05, 0.1) is 10.7 Å². The van der Waals surface area contributed by atoms with E-state index in [1.807, 2.05) is 41.8 Å². The van der Waals surface area contributed by atoms with Gasteiger partial charge in [0, 0.05) is 10.9 Å². The summed E-state index contributed by atoms with van der Waals surface area (Å²) in [7, 11) is 0. The van der Waals surface area contributed by atoms with Crippen LogP contribution in [0.2, 0.25) is 5.02 Å². The average Bonchev–Trinajstić information content (AvgIpc) is 3.11. The predicted molar refractivity (Wildman–Crippen MR) is 103 cm³/mol. The molecule has 3 aromatic rings. The molecule has 0 radical (unpaired) electrons. The summed E-state index contributed by atoms with van der Waals surface area (Å²) in [5.41, 5.74) is 2.13. The fourth-order valence-corrected chi connectivity index (χ4v) is 3.07. The van der Waals surface area contributed by atoms with Gasteiger partial charge in [-0.05, 0) is 23.8 Å². The number of nitriles is 1. The lowest BCUT2D eigenvalue weighted by molar-refractivity contribution is -0.112. The molecule has 7 heteroatoms. The van der Waals surface area contributed by atoms with E-state index in [0.717, 1.165) is 11.3 Å². The number of amides is 1. The molecular weight excluding hydrogens is 370 g/mol. The van der Waals surface area contributed by atoms with Crippen molar-refractivity contribution >= 4 is 40.1 Å². The van der Waals surface area contributed by atoms with E-state index in [1.165, 1.54) is 29.5 Å². The number of nitrogens with one attached hydrogen (secondary N) is 1. The average molecular weight is 382 g/mol. The number of thiazole rings is 1. The van der Waals surface area contributed by atoms with Crippen LogP contribution in [0.3, 0.4) is 0 Å². The molecule has 2 N–H and O–H groups in total. The lowest BCUT2D eigenvalue weighted by Gasteiger charge is -2.02. The summed E-state index contributed by atoms with van der Waals surface area (Å²) in [5.74, 6) is -0.631. The fourth-order valence-electron chi connectivity index (χ4n) is 2.17. The number of halogens is 1. The highest BCUT2D eigenvalue weighted by Gasteiger charge is 2.13. The molecule has 5 nitrogen and oxygen atoms in total. The predicted octanol–water partition coefficient (Wildman–Crippen LogP) is 4.71. The second kappa shape index (κ2) is 7.83. The van der Waals surface area contributed by atoms with Crippen molar-refractivity contribution in [3.05, 3.63) is 70.1 Å². The minimum absolute atomic E-state index is 0.0667. The molecule has 0 fully saturated rings. The topological polar surface area (TPSA) is 86.0 Å². The molecule has 0 aliphatic rings. The van der Waals surface area contributed by atoms with Crippen LogP contribution >= 0.6 is 22.9 Å². The number of rotatable bonds is 4. The first-order chi connectivity index (χ1) is 12.6. The third kappa shape index (κ3) is 4.09. The third-order valence-electron chi connectivity index (χ3n) is 3.44. The van der Waals surface area contributed by atoms with Gasteiger partial charge in [-0.3, -0.25) is 10.1 Å². The zero-order valence-electron chi connectivity index (χ0n) is 13.3. The SMILES string of the molecule is N#C/C(=C\c1ccc(O)c(Cl)c1)C(=O)Nc1nc(-c2ccccc2)cs1. The number of hydrogen-bond donors (Lipinski definition) is 2. The van der Waals surface area contributed by atoms with Gasteiger partial charge in [0.15, 0.2) is 5.13 Å². The van der Waals surface area contributed by atoms with E-state index in [1.54, 1.807) is 6.07 Å². The van der Waals surface area contributed by atoms with E-state index in [0.29, 0.717) is 10.7 Å². The monoisotopic (exact) mass is 381 g/mol. The molecule has 0 saturated carbocycles. The normalized spacial score (nSPS) is 11.0. The molecular formula is C19H12ClN3O2S. The van der Waals surface area contributed by atoms with Gasteiger partial charge in [0.2, 0.25) is 0 Å². The van der Waals surface area contributed by atoms with Crippen molar-refractivity contribution < 1.29 is 9.90 Å². The maximum Gasteiger partial charge on any atom is 0.268 e. The molecule has 0 spiro atoms. The standard InChI is InChI=1S/C19H12ClN3O2S/c20-15-9-12(6-7-17(15)24)8-14(10-21)18(25)23-19-22-16(11-26-19)13-4-2-1-3-5-13/h1-9,11,24H,(H,22,23,25)/b14-8+. The number of phenolic OH excluding ortho intramolecular Hbond substituents is 1. The highest BCUT2D eigenvalue weighted by atomic mass is 35.5. The van der Waals surface area contributed by atoms with Crippen LogP contribution < -0.4 is 5.32 Å². The highest BCUT2D eigenvalue weighted by molar-refractivity contribution is 7.14. The Labute approximate surface area is 158 Å². The van der Waals surface area contributed by atoms with E-state index >= 15 is 0 Å². The zero-order valence-corrected chi connectivity index (χ0v) is 14.9. The summed E-state index contributed by atoms with van der Waals surface area (Å²) in [5, 5.41) is 23.7. The molecule has 0 bridgehead atoms. The van der Waals surface area contributed by atoms with E-state index in [-0.39, 0.29) is 16.3 Å². The van der Waals surface area contributed by atoms with E-state index in [9.17, 15) is 15.2 Å². The van der Waals surface area contributed by atoms with Gasteiger partial charge in [-0.2, -0.15) is 5.26 Å². The summed E-state index contributed by atoms with van der Waals surface area (Å²) in [6.45, 7) is 0.